The van der Waals surface area contributed by atoms with Gasteiger partial charge in [-0.25, -0.2) is 0 Å². The topological polar surface area (TPSA) is 58.7 Å². The maximum Gasteiger partial charge on any atom is 0.0900 e. The maximum absolute atomic E-state index is 9.91. The molecule has 0 aromatic carbocycles. The number of piperidine rings is 1. The van der Waals surface area contributed by atoms with Crippen LogP contribution in [-0.4, -0.2) is 55.0 Å². The Morgan fingerprint density at radius 3 is 3.00 bits per heavy atom. The Balaban J connectivity index is 2.16. The molecule has 0 bridgehead atoms. The van der Waals surface area contributed by atoms with Crippen LogP contribution in [0, 0.1) is 0 Å². The summed E-state index contributed by atoms with van der Waals surface area (Å²) in [6.07, 6.45) is 5.49. The summed E-state index contributed by atoms with van der Waals surface area (Å²) in [6.45, 7) is 5.81. The van der Waals surface area contributed by atoms with Crippen LogP contribution >= 0.6 is 0 Å². The Kier molecular flexibility index (Phi) is 7.77. The summed E-state index contributed by atoms with van der Waals surface area (Å²) in [5, 5.41) is 9.91. The quantitative estimate of drug-likeness (QED) is 0.625. The SMILES string of the molecule is CCCCOCC(O)CN1CCCCC1CN. The van der Waals surface area contributed by atoms with Crippen molar-refractivity contribution in [3.63, 3.8) is 0 Å². The van der Waals surface area contributed by atoms with Crippen LogP contribution in [0.3, 0.4) is 0 Å². The van der Waals surface area contributed by atoms with E-state index in [4.69, 9.17) is 10.5 Å². The van der Waals surface area contributed by atoms with Gasteiger partial charge in [0.2, 0.25) is 0 Å². The van der Waals surface area contributed by atoms with E-state index in [1.54, 1.807) is 0 Å². The van der Waals surface area contributed by atoms with Crippen molar-refractivity contribution in [1.29, 1.82) is 0 Å². The number of unbranched alkanes of at least 4 members (excludes halogenated alkanes) is 1. The third kappa shape index (κ3) is 5.82. The number of aliphatic hydroxyl groups excluding tert-OH is 1. The number of nitrogens with zero attached hydrogens (tertiary/aromatic N) is 1. The molecule has 3 N–H and O–H groups in total. The zero-order valence-electron chi connectivity index (χ0n) is 11.1. The number of ether oxygens (including phenoxy) is 1. The second kappa shape index (κ2) is 8.86. The van der Waals surface area contributed by atoms with Crippen LogP contribution in [0.1, 0.15) is 39.0 Å². The van der Waals surface area contributed by atoms with Crippen LogP contribution in [0.5, 0.6) is 0 Å². The number of β-amino-alcohol motifs (C(OH)–C–C–N with tert-alkyl or cyclic N) is 1. The molecule has 0 saturated carbocycles. The normalized spacial score (nSPS) is 23.8. The first-order valence-corrected chi connectivity index (χ1v) is 6.97. The van der Waals surface area contributed by atoms with Crippen molar-refractivity contribution in [1.82, 2.24) is 4.90 Å². The molecule has 4 nitrogen and oxygen atoms in total. The molecule has 1 saturated heterocycles. The van der Waals surface area contributed by atoms with Crippen molar-refractivity contribution in [2.45, 2.75) is 51.2 Å². The van der Waals surface area contributed by atoms with Gasteiger partial charge in [0.25, 0.3) is 0 Å². The predicted molar refractivity (Wildman–Crippen MR) is 70.0 cm³/mol. The van der Waals surface area contributed by atoms with Crippen molar-refractivity contribution in [3.8, 4) is 0 Å². The largest absolute Gasteiger partial charge is 0.389 e. The van der Waals surface area contributed by atoms with E-state index >= 15 is 0 Å². The summed E-state index contributed by atoms with van der Waals surface area (Å²) in [5.41, 5.74) is 5.75. The van der Waals surface area contributed by atoms with E-state index in [0.717, 1.165) is 26.0 Å². The lowest BCUT2D eigenvalue weighted by atomic mass is 10.0. The molecule has 1 aliphatic rings. The maximum atomic E-state index is 9.91. The fourth-order valence-electron chi connectivity index (χ4n) is 2.36. The standard InChI is InChI=1S/C13H28N2O2/c1-2-3-8-17-11-13(16)10-15-7-5-4-6-12(15)9-14/h12-13,16H,2-11,14H2,1H3. The van der Waals surface area contributed by atoms with Crippen molar-refractivity contribution in [3.05, 3.63) is 0 Å². The van der Waals surface area contributed by atoms with E-state index in [9.17, 15) is 5.11 Å². The average molecular weight is 244 g/mol. The summed E-state index contributed by atoms with van der Waals surface area (Å²) < 4.78 is 5.44. The number of hydrogen-bond acceptors (Lipinski definition) is 4. The van der Waals surface area contributed by atoms with E-state index in [1.807, 2.05) is 0 Å². The van der Waals surface area contributed by atoms with Crippen LogP contribution in [0.2, 0.25) is 0 Å². The summed E-state index contributed by atoms with van der Waals surface area (Å²) in [6, 6.07) is 0.453. The van der Waals surface area contributed by atoms with E-state index in [0.29, 0.717) is 25.7 Å². The molecule has 1 aliphatic heterocycles. The molecule has 102 valence electrons. The van der Waals surface area contributed by atoms with Gasteiger partial charge in [-0.2, -0.15) is 0 Å². The van der Waals surface area contributed by atoms with Gasteiger partial charge in [-0.1, -0.05) is 19.8 Å². The highest BCUT2D eigenvalue weighted by Gasteiger charge is 2.22. The van der Waals surface area contributed by atoms with Crippen LogP contribution in [0.4, 0.5) is 0 Å². The monoisotopic (exact) mass is 244 g/mol. The van der Waals surface area contributed by atoms with Crippen LogP contribution in [0.25, 0.3) is 0 Å². The number of nitrogens with two attached hydrogens (primary N) is 1. The molecule has 1 fully saturated rings. The molecule has 0 aliphatic carbocycles. The first-order chi connectivity index (χ1) is 8.27. The molecule has 2 atom stereocenters. The van der Waals surface area contributed by atoms with Gasteiger partial charge in [0.05, 0.1) is 12.7 Å². The molecule has 0 spiro atoms. The molecule has 0 aromatic rings. The minimum Gasteiger partial charge on any atom is -0.389 e. The zero-order valence-corrected chi connectivity index (χ0v) is 11.1. The number of rotatable bonds is 8. The lowest BCUT2D eigenvalue weighted by Gasteiger charge is -2.36. The number of aliphatic hydroxyl groups is 1. The van der Waals surface area contributed by atoms with Crippen molar-refractivity contribution in [2.24, 2.45) is 5.73 Å². The molecule has 2 unspecified atom stereocenters. The second-order valence-corrected chi connectivity index (χ2v) is 4.96. The fourth-order valence-corrected chi connectivity index (χ4v) is 2.36. The Bertz CT molecular complexity index is 190. The van der Waals surface area contributed by atoms with E-state index in [1.165, 1.54) is 19.3 Å². The highest BCUT2D eigenvalue weighted by Crippen LogP contribution is 2.16. The summed E-state index contributed by atoms with van der Waals surface area (Å²) in [4.78, 5) is 2.32. The van der Waals surface area contributed by atoms with Gasteiger partial charge in [0.15, 0.2) is 0 Å². The van der Waals surface area contributed by atoms with Gasteiger partial charge >= 0.3 is 0 Å². The predicted octanol–water partition coefficient (Wildman–Crippen LogP) is 0.977. The molecule has 1 rings (SSSR count). The number of likely N-dealkylation sites (tertiary alicyclic amines) is 1. The van der Waals surface area contributed by atoms with Gasteiger partial charge in [0, 0.05) is 25.7 Å². The van der Waals surface area contributed by atoms with Gasteiger partial charge in [-0.3, -0.25) is 4.90 Å². The Hall–Kier alpha value is -0.160. The van der Waals surface area contributed by atoms with Gasteiger partial charge in [0.1, 0.15) is 0 Å². The van der Waals surface area contributed by atoms with E-state index < -0.39 is 0 Å². The average Bonchev–Trinajstić information content (AvgIpc) is 2.35. The summed E-state index contributed by atoms with van der Waals surface area (Å²) in [5.74, 6) is 0. The summed E-state index contributed by atoms with van der Waals surface area (Å²) >= 11 is 0. The third-order valence-electron chi connectivity index (χ3n) is 3.42. The van der Waals surface area contributed by atoms with Crippen LogP contribution in [-0.2, 0) is 4.74 Å². The smallest absolute Gasteiger partial charge is 0.0900 e. The first kappa shape index (κ1) is 14.9. The van der Waals surface area contributed by atoms with Crippen molar-refractivity contribution >= 4 is 0 Å². The van der Waals surface area contributed by atoms with Crippen molar-refractivity contribution < 1.29 is 9.84 Å². The van der Waals surface area contributed by atoms with Crippen molar-refractivity contribution in [2.75, 3.05) is 32.8 Å². The first-order valence-electron chi connectivity index (χ1n) is 6.97. The Morgan fingerprint density at radius 2 is 2.29 bits per heavy atom. The highest BCUT2D eigenvalue weighted by molar-refractivity contribution is 4.79. The van der Waals surface area contributed by atoms with Gasteiger partial charge in [-0.15, -0.1) is 0 Å². The van der Waals surface area contributed by atoms with E-state index in [-0.39, 0.29) is 6.10 Å². The third-order valence-corrected chi connectivity index (χ3v) is 3.42. The second-order valence-electron chi connectivity index (χ2n) is 4.96. The Morgan fingerprint density at radius 1 is 1.47 bits per heavy atom. The van der Waals surface area contributed by atoms with Gasteiger partial charge < -0.3 is 15.6 Å². The molecule has 0 radical (unpaired) electrons. The molecule has 17 heavy (non-hydrogen) atoms. The Labute approximate surface area is 105 Å². The molecule has 0 aromatic heterocycles. The lowest BCUT2D eigenvalue weighted by molar-refractivity contribution is 0.00256. The lowest BCUT2D eigenvalue weighted by Crippen LogP contribution is -2.48. The molecule has 4 heteroatoms. The van der Waals surface area contributed by atoms with Crippen LogP contribution < -0.4 is 5.73 Å². The van der Waals surface area contributed by atoms with E-state index in [2.05, 4.69) is 11.8 Å². The fraction of sp³-hybridized carbons (Fsp3) is 1.00. The molecule has 0 amide bonds. The van der Waals surface area contributed by atoms with Gasteiger partial charge in [-0.05, 0) is 25.8 Å². The van der Waals surface area contributed by atoms with Crippen LogP contribution in [0.15, 0.2) is 0 Å². The summed E-state index contributed by atoms with van der Waals surface area (Å²) in [7, 11) is 0. The number of hydrogen-bond donors (Lipinski definition) is 2. The minimum atomic E-state index is -0.376. The molecular weight excluding hydrogens is 216 g/mol. The molecule has 1 heterocycles. The highest BCUT2D eigenvalue weighted by atomic mass is 16.5. The molecular formula is C13H28N2O2. The minimum absolute atomic E-state index is 0.376. The zero-order chi connectivity index (χ0) is 12.5.